The van der Waals surface area contributed by atoms with Crippen molar-refractivity contribution in [3.8, 4) is 5.75 Å². The highest BCUT2D eigenvalue weighted by Gasteiger charge is 2.20. The number of para-hydroxylation sites is 1. The van der Waals surface area contributed by atoms with Crippen molar-refractivity contribution >= 4 is 39.8 Å². The van der Waals surface area contributed by atoms with Crippen molar-refractivity contribution in [2.75, 3.05) is 5.32 Å². The van der Waals surface area contributed by atoms with Crippen LogP contribution in [0.1, 0.15) is 20.7 Å². The van der Waals surface area contributed by atoms with Gasteiger partial charge in [0.15, 0.2) is 11.6 Å². The van der Waals surface area contributed by atoms with Gasteiger partial charge in [-0.3, -0.25) is 9.59 Å². The molecule has 8 heteroatoms. The van der Waals surface area contributed by atoms with Gasteiger partial charge in [0.1, 0.15) is 5.69 Å². The molecule has 0 unspecified atom stereocenters. The van der Waals surface area contributed by atoms with Crippen molar-refractivity contribution in [3.63, 3.8) is 0 Å². The molecule has 0 bridgehead atoms. The summed E-state index contributed by atoms with van der Waals surface area (Å²) in [6.07, 6.45) is 1.44. The summed E-state index contributed by atoms with van der Waals surface area (Å²) in [6.45, 7) is 0. The van der Waals surface area contributed by atoms with E-state index in [1.54, 1.807) is 54.6 Å². The summed E-state index contributed by atoms with van der Waals surface area (Å²) in [4.78, 5) is 28.6. The van der Waals surface area contributed by atoms with Crippen molar-refractivity contribution < 1.29 is 14.7 Å². The number of hydrogen-bond acceptors (Lipinski definition) is 6. The number of anilines is 1. The number of fused-ring (bicyclic) bond motifs is 1. The first-order chi connectivity index (χ1) is 15.0. The van der Waals surface area contributed by atoms with Gasteiger partial charge in [-0.1, -0.05) is 42.5 Å². The average Bonchev–Trinajstić information content (AvgIpc) is 2.78. The fourth-order valence-electron chi connectivity index (χ4n) is 3.11. The first-order valence-corrected chi connectivity index (χ1v) is 9.32. The number of carbonyl (C=O) groups is 2. The lowest BCUT2D eigenvalue weighted by atomic mass is 10.0. The van der Waals surface area contributed by atoms with Crippen molar-refractivity contribution in [2.45, 2.75) is 0 Å². The highest BCUT2D eigenvalue weighted by atomic mass is 16.3. The van der Waals surface area contributed by atoms with Crippen LogP contribution in [0.15, 0.2) is 89.2 Å². The van der Waals surface area contributed by atoms with Crippen molar-refractivity contribution in [1.82, 2.24) is 4.98 Å². The third-order valence-electron chi connectivity index (χ3n) is 4.57. The second kappa shape index (κ2) is 8.42. The fraction of sp³-hybridized carbons (Fsp3) is 0. The molecule has 0 aliphatic rings. The maximum Gasteiger partial charge on any atom is 0.260 e. The SMILES string of the molecule is NC(=O)c1cccnc1N=Nc1cc2ccccc2c(C(=O)Nc2ccccc2)c1O. The van der Waals surface area contributed by atoms with Crippen LogP contribution in [0.4, 0.5) is 17.2 Å². The summed E-state index contributed by atoms with van der Waals surface area (Å²) in [5, 5.41) is 22.9. The molecule has 0 saturated carbocycles. The Balaban J connectivity index is 1.80. The number of amides is 2. The van der Waals surface area contributed by atoms with Gasteiger partial charge >= 0.3 is 0 Å². The second-order valence-electron chi connectivity index (χ2n) is 6.60. The lowest BCUT2D eigenvalue weighted by Crippen LogP contribution is -2.12. The van der Waals surface area contributed by atoms with E-state index in [2.05, 4.69) is 20.5 Å². The van der Waals surface area contributed by atoms with Gasteiger partial charge in [-0.2, -0.15) is 0 Å². The molecule has 2 amide bonds. The molecule has 1 heterocycles. The third-order valence-corrected chi connectivity index (χ3v) is 4.57. The van der Waals surface area contributed by atoms with E-state index < -0.39 is 11.8 Å². The summed E-state index contributed by atoms with van der Waals surface area (Å²) in [6, 6.07) is 20.6. The molecule has 4 rings (SSSR count). The van der Waals surface area contributed by atoms with E-state index in [0.717, 1.165) is 0 Å². The van der Waals surface area contributed by atoms with Crippen LogP contribution < -0.4 is 11.1 Å². The van der Waals surface area contributed by atoms with E-state index in [1.165, 1.54) is 12.3 Å². The molecule has 0 aliphatic heterocycles. The fourth-order valence-corrected chi connectivity index (χ4v) is 3.11. The van der Waals surface area contributed by atoms with Gasteiger partial charge in [0.25, 0.3) is 11.8 Å². The quantitative estimate of drug-likeness (QED) is 0.411. The van der Waals surface area contributed by atoms with Gasteiger partial charge in [-0.05, 0) is 41.1 Å². The first-order valence-electron chi connectivity index (χ1n) is 9.32. The smallest absolute Gasteiger partial charge is 0.260 e. The molecule has 3 aromatic carbocycles. The van der Waals surface area contributed by atoms with E-state index in [4.69, 9.17) is 5.73 Å². The Labute approximate surface area is 177 Å². The molecule has 31 heavy (non-hydrogen) atoms. The van der Waals surface area contributed by atoms with Gasteiger partial charge in [-0.15, -0.1) is 10.2 Å². The number of aromatic nitrogens is 1. The number of phenolic OH excluding ortho intramolecular Hbond substituents is 1. The summed E-state index contributed by atoms with van der Waals surface area (Å²) < 4.78 is 0. The summed E-state index contributed by atoms with van der Waals surface area (Å²) in [5.41, 5.74) is 6.13. The monoisotopic (exact) mass is 411 g/mol. The molecule has 0 atom stereocenters. The largest absolute Gasteiger partial charge is 0.505 e. The Morgan fingerprint density at radius 2 is 1.68 bits per heavy atom. The molecule has 0 radical (unpaired) electrons. The normalized spacial score (nSPS) is 11.0. The van der Waals surface area contributed by atoms with E-state index in [0.29, 0.717) is 16.5 Å². The lowest BCUT2D eigenvalue weighted by Gasteiger charge is -2.12. The minimum atomic E-state index is -0.701. The summed E-state index contributed by atoms with van der Waals surface area (Å²) >= 11 is 0. The van der Waals surface area contributed by atoms with Crippen LogP contribution in [0.5, 0.6) is 5.75 Å². The number of pyridine rings is 1. The Kier molecular flexibility index (Phi) is 5.35. The van der Waals surface area contributed by atoms with Crippen LogP contribution in [0, 0.1) is 0 Å². The zero-order chi connectivity index (χ0) is 21.8. The molecule has 0 spiro atoms. The van der Waals surface area contributed by atoms with Gasteiger partial charge in [0.05, 0.1) is 11.1 Å². The molecule has 0 fully saturated rings. The Morgan fingerprint density at radius 3 is 2.45 bits per heavy atom. The highest BCUT2D eigenvalue weighted by Crippen LogP contribution is 2.38. The molecule has 1 aromatic heterocycles. The van der Waals surface area contributed by atoms with Crippen LogP contribution >= 0.6 is 0 Å². The predicted octanol–water partition coefficient (Wildman–Crippen LogP) is 4.71. The van der Waals surface area contributed by atoms with Gasteiger partial charge in [0.2, 0.25) is 0 Å². The number of azo groups is 1. The summed E-state index contributed by atoms with van der Waals surface area (Å²) in [5.74, 6) is -1.52. The van der Waals surface area contributed by atoms with Crippen LogP contribution in [-0.2, 0) is 0 Å². The standard InChI is InChI=1S/C23H17N5O3/c24-21(30)17-11-6-12-25-22(17)28-27-18-13-14-7-4-5-10-16(14)19(20(18)29)23(31)26-15-8-2-1-3-9-15/h1-13,29H,(H2,24,30)(H,26,31). The number of aromatic hydroxyl groups is 1. The first kappa shape index (κ1) is 19.7. The zero-order valence-electron chi connectivity index (χ0n) is 16.2. The molecular weight excluding hydrogens is 394 g/mol. The number of hydrogen-bond donors (Lipinski definition) is 3. The van der Waals surface area contributed by atoms with Crippen molar-refractivity contribution in [1.29, 1.82) is 0 Å². The van der Waals surface area contributed by atoms with E-state index in [-0.39, 0.29) is 28.4 Å². The van der Waals surface area contributed by atoms with Crippen molar-refractivity contribution in [3.05, 3.63) is 90.1 Å². The van der Waals surface area contributed by atoms with Crippen LogP contribution in [0.25, 0.3) is 10.8 Å². The number of nitrogens with two attached hydrogens (primary N) is 1. The van der Waals surface area contributed by atoms with Gasteiger partial charge < -0.3 is 16.2 Å². The Morgan fingerprint density at radius 1 is 0.935 bits per heavy atom. The number of rotatable bonds is 5. The van der Waals surface area contributed by atoms with Crippen LogP contribution in [-0.4, -0.2) is 21.9 Å². The maximum absolute atomic E-state index is 13.0. The van der Waals surface area contributed by atoms with Crippen molar-refractivity contribution in [2.24, 2.45) is 16.0 Å². The molecule has 8 nitrogen and oxygen atoms in total. The van der Waals surface area contributed by atoms with Gasteiger partial charge in [0, 0.05) is 11.9 Å². The Bertz CT molecular complexity index is 1320. The minimum Gasteiger partial charge on any atom is -0.505 e. The molecule has 0 saturated heterocycles. The third kappa shape index (κ3) is 4.08. The zero-order valence-corrected chi connectivity index (χ0v) is 16.2. The number of nitrogens with one attached hydrogen (secondary N) is 1. The average molecular weight is 411 g/mol. The maximum atomic E-state index is 13.0. The molecule has 4 N–H and O–H groups in total. The second-order valence-corrected chi connectivity index (χ2v) is 6.60. The highest BCUT2D eigenvalue weighted by molar-refractivity contribution is 6.16. The number of carbonyl (C=O) groups excluding carboxylic acids is 2. The molecular formula is C23H17N5O3. The number of benzene rings is 3. The van der Waals surface area contributed by atoms with E-state index in [9.17, 15) is 14.7 Å². The topological polar surface area (TPSA) is 130 Å². The van der Waals surface area contributed by atoms with E-state index >= 15 is 0 Å². The van der Waals surface area contributed by atoms with Gasteiger partial charge in [-0.25, -0.2) is 4.98 Å². The summed E-state index contributed by atoms with van der Waals surface area (Å²) in [7, 11) is 0. The van der Waals surface area contributed by atoms with E-state index in [1.807, 2.05) is 12.1 Å². The van der Waals surface area contributed by atoms with Crippen LogP contribution in [0.3, 0.4) is 0 Å². The number of primary amides is 1. The molecule has 0 aliphatic carbocycles. The minimum absolute atomic E-state index is 0.0119. The Hall–Kier alpha value is -4.59. The number of phenols is 1. The molecule has 4 aromatic rings. The number of nitrogens with zero attached hydrogens (tertiary/aromatic N) is 3. The van der Waals surface area contributed by atoms with Crippen LogP contribution in [0.2, 0.25) is 0 Å². The lowest BCUT2D eigenvalue weighted by molar-refractivity contribution is 0.0997. The molecule has 152 valence electrons. The predicted molar refractivity (Wildman–Crippen MR) is 117 cm³/mol.